The van der Waals surface area contributed by atoms with Crippen LogP contribution < -0.4 is 0 Å². The molecule has 0 amide bonds. The van der Waals surface area contributed by atoms with Crippen molar-refractivity contribution in [1.29, 1.82) is 0 Å². The largest absolute Gasteiger partial charge is 0.301 e. The molecule has 1 nitrogen and oxygen atoms in total. The lowest BCUT2D eigenvalue weighted by atomic mass is 10.0. The van der Waals surface area contributed by atoms with Gasteiger partial charge < -0.3 is 4.90 Å². The molecule has 0 aromatic heterocycles. The van der Waals surface area contributed by atoms with Crippen molar-refractivity contribution >= 4 is 0 Å². The number of nitrogens with zero attached hydrogens (tertiary/aromatic N) is 1. The molecule has 0 spiro atoms. The summed E-state index contributed by atoms with van der Waals surface area (Å²) in [6, 6.07) is 0.824. The van der Waals surface area contributed by atoms with Crippen molar-refractivity contribution < 1.29 is 0 Å². The lowest BCUT2D eigenvalue weighted by molar-refractivity contribution is 0.224. The molecule has 0 bridgehead atoms. The number of hydrogen-bond acceptors (Lipinski definition) is 1. The van der Waals surface area contributed by atoms with Crippen LogP contribution >= 0.6 is 0 Å². The van der Waals surface area contributed by atoms with Crippen LogP contribution in [0.5, 0.6) is 0 Å². The molecule has 0 N–H and O–H groups in total. The smallest absolute Gasteiger partial charge is 0.00669 e. The Morgan fingerprint density at radius 3 is 2.55 bits per heavy atom. The molecular formula is C10H21N. The van der Waals surface area contributed by atoms with E-state index < -0.39 is 0 Å². The zero-order valence-electron chi connectivity index (χ0n) is 8.14. The van der Waals surface area contributed by atoms with E-state index in [2.05, 4.69) is 25.7 Å². The molecule has 2 atom stereocenters. The lowest BCUT2D eigenvalue weighted by Crippen LogP contribution is -2.32. The van der Waals surface area contributed by atoms with Gasteiger partial charge in [-0.3, -0.25) is 0 Å². The fourth-order valence-electron chi connectivity index (χ4n) is 1.93. The summed E-state index contributed by atoms with van der Waals surface area (Å²) in [7, 11) is 0. The second kappa shape index (κ2) is 4.10. The number of hydrogen-bond donors (Lipinski definition) is 0. The third kappa shape index (κ3) is 2.48. The molecule has 11 heavy (non-hydrogen) atoms. The maximum atomic E-state index is 2.60. The molecule has 66 valence electrons. The zero-order valence-corrected chi connectivity index (χ0v) is 8.14. The Morgan fingerprint density at radius 2 is 1.91 bits per heavy atom. The maximum absolute atomic E-state index is 2.60. The monoisotopic (exact) mass is 155 g/mol. The molecule has 2 unspecified atom stereocenters. The number of rotatable bonds is 1. The van der Waals surface area contributed by atoms with Gasteiger partial charge in [0.05, 0.1) is 0 Å². The summed E-state index contributed by atoms with van der Waals surface area (Å²) in [5, 5.41) is 0. The first-order valence-corrected chi connectivity index (χ1v) is 4.98. The lowest BCUT2D eigenvalue weighted by Gasteiger charge is -2.24. The van der Waals surface area contributed by atoms with Gasteiger partial charge in [0, 0.05) is 6.04 Å². The van der Waals surface area contributed by atoms with Gasteiger partial charge >= 0.3 is 0 Å². The minimum Gasteiger partial charge on any atom is -0.301 e. The standard InChI is InChI=1S/C10H21N/c1-4-11-8-7-9(2)5-6-10(11)3/h9-10H,4-8H2,1-3H3. The Bertz CT molecular complexity index is 111. The van der Waals surface area contributed by atoms with Crippen LogP contribution in [0.4, 0.5) is 0 Å². The third-order valence-corrected chi connectivity index (χ3v) is 3.02. The van der Waals surface area contributed by atoms with Gasteiger partial charge in [-0.25, -0.2) is 0 Å². The first kappa shape index (κ1) is 9.05. The summed E-state index contributed by atoms with van der Waals surface area (Å²) in [6.07, 6.45) is 4.23. The minimum atomic E-state index is 0.824. The molecule has 1 rings (SSSR count). The summed E-state index contributed by atoms with van der Waals surface area (Å²) in [5.41, 5.74) is 0. The van der Waals surface area contributed by atoms with Crippen molar-refractivity contribution in [2.45, 2.75) is 46.1 Å². The molecule has 1 aliphatic rings. The van der Waals surface area contributed by atoms with Gasteiger partial charge in [0.15, 0.2) is 0 Å². The van der Waals surface area contributed by atoms with E-state index in [4.69, 9.17) is 0 Å². The SMILES string of the molecule is CCN1CCC(C)CCC1C. The third-order valence-electron chi connectivity index (χ3n) is 3.02. The van der Waals surface area contributed by atoms with Gasteiger partial charge in [-0.15, -0.1) is 0 Å². The summed E-state index contributed by atoms with van der Waals surface area (Å²) in [6.45, 7) is 9.56. The van der Waals surface area contributed by atoms with E-state index >= 15 is 0 Å². The molecule has 1 fully saturated rings. The number of likely N-dealkylation sites (tertiary alicyclic amines) is 1. The van der Waals surface area contributed by atoms with Crippen LogP contribution in [-0.4, -0.2) is 24.0 Å². The van der Waals surface area contributed by atoms with E-state index in [9.17, 15) is 0 Å². The van der Waals surface area contributed by atoms with Crippen LogP contribution in [0.15, 0.2) is 0 Å². The van der Waals surface area contributed by atoms with Gasteiger partial charge in [0.1, 0.15) is 0 Å². The fraction of sp³-hybridized carbons (Fsp3) is 1.00. The predicted molar refractivity (Wildman–Crippen MR) is 49.7 cm³/mol. The molecule has 1 heterocycles. The van der Waals surface area contributed by atoms with Gasteiger partial charge in [-0.05, 0) is 45.2 Å². The molecule has 0 aromatic carbocycles. The highest BCUT2D eigenvalue weighted by Crippen LogP contribution is 2.20. The van der Waals surface area contributed by atoms with Crippen LogP contribution in [0.25, 0.3) is 0 Å². The quantitative estimate of drug-likeness (QED) is 0.562. The van der Waals surface area contributed by atoms with Crippen molar-refractivity contribution in [2.75, 3.05) is 13.1 Å². The van der Waals surface area contributed by atoms with Gasteiger partial charge in [-0.2, -0.15) is 0 Å². The van der Waals surface area contributed by atoms with Crippen molar-refractivity contribution in [1.82, 2.24) is 4.90 Å². The Balaban J connectivity index is 2.41. The summed E-state index contributed by atoms with van der Waals surface area (Å²) < 4.78 is 0. The van der Waals surface area contributed by atoms with Crippen LogP contribution in [-0.2, 0) is 0 Å². The second-order valence-corrected chi connectivity index (χ2v) is 3.95. The summed E-state index contributed by atoms with van der Waals surface area (Å²) >= 11 is 0. The Hall–Kier alpha value is -0.0400. The molecule has 0 aliphatic carbocycles. The molecule has 0 saturated carbocycles. The fourth-order valence-corrected chi connectivity index (χ4v) is 1.93. The average Bonchev–Trinajstić information content (AvgIpc) is 2.15. The first-order valence-electron chi connectivity index (χ1n) is 4.98. The molecular weight excluding hydrogens is 134 g/mol. The molecule has 1 aliphatic heterocycles. The van der Waals surface area contributed by atoms with E-state index in [1.54, 1.807) is 0 Å². The van der Waals surface area contributed by atoms with E-state index in [-0.39, 0.29) is 0 Å². The highest BCUT2D eigenvalue weighted by atomic mass is 15.1. The van der Waals surface area contributed by atoms with Crippen molar-refractivity contribution in [2.24, 2.45) is 5.92 Å². The van der Waals surface area contributed by atoms with E-state index in [0.29, 0.717) is 0 Å². The Kier molecular flexibility index (Phi) is 3.38. The van der Waals surface area contributed by atoms with Gasteiger partial charge in [-0.1, -0.05) is 13.8 Å². The summed E-state index contributed by atoms with van der Waals surface area (Å²) in [4.78, 5) is 2.60. The van der Waals surface area contributed by atoms with Crippen molar-refractivity contribution in [3.63, 3.8) is 0 Å². The second-order valence-electron chi connectivity index (χ2n) is 3.95. The average molecular weight is 155 g/mol. The van der Waals surface area contributed by atoms with E-state index in [1.165, 1.54) is 32.4 Å². The van der Waals surface area contributed by atoms with Gasteiger partial charge in [0.25, 0.3) is 0 Å². The zero-order chi connectivity index (χ0) is 8.27. The molecule has 0 aromatic rings. The highest BCUT2D eigenvalue weighted by Gasteiger charge is 2.17. The van der Waals surface area contributed by atoms with E-state index in [0.717, 1.165) is 12.0 Å². The van der Waals surface area contributed by atoms with Crippen LogP contribution in [0.3, 0.4) is 0 Å². The Labute approximate surface area is 70.8 Å². The molecule has 0 radical (unpaired) electrons. The Morgan fingerprint density at radius 1 is 1.18 bits per heavy atom. The molecule has 1 heteroatoms. The maximum Gasteiger partial charge on any atom is 0.00669 e. The normalized spacial score (nSPS) is 35.2. The molecule has 1 saturated heterocycles. The topological polar surface area (TPSA) is 3.24 Å². The van der Waals surface area contributed by atoms with Crippen LogP contribution in [0.2, 0.25) is 0 Å². The van der Waals surface area contributed by atoms with Crippen molar-refractivity contribution in [3.05, 3.63) is 0 Å². The summed E-state index contributed by atoms with van der Waals surface area (Å²) in [5.74, 6) is 0.953. The predicted octanol–water partition coefficient (Wildman–Crippen LogP) is 2.52. The first-order chi connectivity index (χ1) is 5.24. The van der Waals surface area contributed by atoms with E-state index in [1.807, 2.05) is 0 Å². The minimum absolute atomic E-state index is 0.824. The highest BCUT2D eigenvalue weighted by molar-refractivity contribution is 4.72. The van der Waals surface area contributed by atoms with Gasteiger partial charge in [0.2, 0.25) is 0 Å². The van der Waals surface area contributed by atoms with Crippen LogP contribution in [0, 0.1) is 5.92 Å². The van der Waals surface area contributed by atoms with Crippen LogP contribution in [0.1, 0.15) is 40.0 Å². The van der Waals surface area contributed by atoms with Crippen molar-refractivity contribution in [3.8, 4) is 0 Å².